The molecule has 0 amide bonds. The van der Waals surface area contributed by atoms with Crippen LogP contribution in [-0.2, 0) is 0 Å². The van der Waals surface area contributed by atoms with E-state index in [0.717, 1.165) is 32.6 Å². The molecule has 2 atom stereocenters. The Morgan fingerprint density at radius 1 is 1.00 bits per heavy atom. The van der Waals surface area contributed by atoms with Crippen molar-refractivity contribution in [2.45, 2.75) is 28.8 Å². The number of nitro groups is 1. The molecule has 0 unspecified atom stereocenters. The number of nitrogens with one attached hydrogen (secondary N) is 2. The number of pyridine rings is 1. The molecule has 5 rings (SSSR count). The fourth-order valence-corrected chi connectivity index (χ4v) is 5.26. The molecule has 34 heavy (non-hydrogen) atoms. The van der Waals surface area contributed by atoms with Crippen LogP contribution in [0.2, 0.25) is 0 Å². The van der Waals surface area contributed by atoms with E-state index >= 15 is 0 Å². The molecule has 7 nitrogen and oxygen atoms in total. The fraction of sp³-hybridized carbons (Fsp3) is 0.120. The first kappa shape index (κ1) is 22.1. The van der Waals surface area contributed by atoms with Gasteiger partial charge in [-0.25, -0.2) is 0 Å². The van der Waals surface area contributed by atoms with Gasteiger partial charge in [0.25, 0.3) is 5.69 Å². The Morgan fingerprint density at radius 3 is 2.29 bits per heavy atom. The minimum Gasteiger partial charge on any atom is -0.361 e. The van der Waals surface area contributed by atoms with Gasteiger partial charge in [-0.2, -0.15) is 0 Å². The second-order valence-corrected chi connectivity index (χ2v) is 9.47. The summed E-state index contributed by atoms with van der Waals surface area (Å²) in [6.45, 7) is 2.04. The van der Waals surface area contributed by atoms with E-state index in [0.29, 0.717) is 5.11 Å². The smallest absolute Gasteiger partial charge is 0.269 e. The summed E-state index contributed by atoms with van der Waals surface area (Å²) in [5, 5.41) is 15.0. The summed E-state index contributed by atoms with van der Waals surface area (Å²) in [5.74, 6) is 0. The molecule has 170 valence electrons. The molecule has 1 fully saturated rings. The number of aromatic amines is 1. The molecule has 0 bridgehead atoms. The van der Waals surface area contributed by atoms with Gasteiger partial charge in [-0.15, -0.1) is 0 Å². The van der Waals surface area contributed by atoms with Gasteiger partial charge in [0.2, 0.25) is 0 Å². The van der Waals surface area contributed by atoms with Crippen LogP contribution in [0.1, 0.15) is 29.2 Å². The maximum absolute atomic E-state index is 10.9. The molecule has 1 saturated heterocycles. The summed E-state index contributed by atoms with van der Waals surface area (Å²) in [7, 11) is 0. The Bertz CT molecular complexity index is 1320. The molecule has 3 heterocycles. The van der Waals surface area contributed by atoms with Crippen LogP contribution in [0.3, 0.4) is 0 Å². The van der Waals surface area contributed by atoms with Gasteiger partial charge in [-0.3, -0.25) is 15.1 Å². The van der Waals surface area contributed by atoms with Gasteiger partial charge in [-0.05, 0) is 79.8 Å². The quantitative estimate of drug-likeness (QED) is 0.197. The molecule has 4 aromatic rings. The van der Waals surface area contributed by atoms with E-state index in [4.69, 9.17) is 12.2 Å². The molecule has 2 aromatic heterocycles. The van der Waals surface area contributed by atoms with Crippen LogP contribution in [-0.4, -0.2) is 20.0 Å². The summed E-state index contributed by atoms with van der Waals surface area (Å²) >= 11 is 7.32. The van der Waals surface area contributed by atoms with Crippen molar-refractivity contribution in [1.82, 2.24) is 15.3 Å². The lowest BCUT2D eigenvalue weighted by Gasteiger charge is -2.27. The summed E-state index contributed by atoms with van der Waals surface area (Å²) < 4.78 is 0. The fourth-order valence-electron chi connectivity index (χ4n) is 4.09. The largest absolute Gasteiger partial charge is 0.361 e. The summed E-state index contributed by atoms with van der Waals surface area (Å²) in [6.07, 6.45) is 1.80. The van der Waals surface area contributed by atoms with Crippen LogP contribution < -0.4 is 10.2 Å². The minimum atomic E-state index is -0.392. The molecule has 0 saturated carbocycles. The highest BCUT2D eigenvalue weighted by molar-refractivity contribution is 7.99. The van der Waals surface area contributed by atoms with Crippen LogP contribution in [0.15, 0.2) is 94.9 Å². The normalized spacial score (nSPS) is 17.6. The molecule has 1 aliphatic rings. The summed E-state index contributed by atoms with van der Waals surface area (Å²) in [6, 6.07) is 24.6. The molecule has 0 spiro atoms. The standard InChI is InChI=1S/C25H21N5O2S2/c1-16-5-14-22(27-16)24-23(21-4-2-3-15-26-21)28-25(33)29(24)17-6-10-19(11-7-17)34-20-12-8-18(9-13-20)30(31)32/h2-15,23-24,27H,1H3,(H,28,33)/t23-,24+/m1/s1. The number of benzene rings is 2. The van der Waals surface area contributed by atoms with Gasteiger partial charge in [0.15, 0.2) is 5.11 Å². The summed E-state index contributed by atoms with van der Waals surface area (Å²) in [5.41, 5.74) is 4.13. The number of hydrogen-bond acceptors (Lipinski definition) is 5. The van der Waals surface area contributed by atoms with Crippen molar-refractivity contribution >= 4 is 40.5 Å². The van der Waals surface area contributed by atoms with Crippen LogP contribution in [0, 0.1) is 17.0 Å². The Labute approximate surface area is 206 Å². The number of H-pyrrole nitrogens is 1. The average molecular weight is 488 g/mol. The maximum atomic E-state index is 10.9. The highest BCUT2D eigenvalue weighted by atomic mass is 32.2. The third kappa shape index (κ3) is 4.40. The topological polar surface area (TPSA) is 87.1 Å². The van der Waals surface area contributed by atoms with Crippen molar-refractivity contribution in [3.63, 3.8) is 0 Å². The van der Waals surface area contributed by atoms with Gasteiger partial charge in [0.05, 0.1) is 16.7 Å². The molecule has 2 aromatic carbocycles. The van der Waals surface area contributed by atoms with Gasteiger partial charge < -0.3 is 15.2 Å². The summed E-state index contributed by atoms with van der Waals surface area (Å²) in [4.78, 5) is 22.6. The lowest BCUT2D eigenvalue weighted by molar-refractivity contribution is -0.384. The lowest BCUT2D eigenvalue weighted by Crippen LogP contribution is -2.29. The first-order valence-corrected chi connectivity index (χ1v) is 11.9. The second kappa shape index (κ2) is 9.28. The monoisotopic (exact) mass is 487 g/mol. The number of anilines is 1. The number of nitrogens with zero attached hydrogens (tertiary/aromatic N) is 3. The number of rotatable bonds is 6. The number of aryl methyl sites for hydroxylation is 1. The van der Waals surface area contributed by atoms with E-state index in [2.05, 4.69) is 32.3 Å². The number of hydrogen-bond donors (Lipinski definition) is 2. The Morgan fingerprint density at radius 2 is 1.71 bits per heavy atom. The van der Waals surface area contributed by atoms with Crippen molar-refractivity contribution in [2.75, 3.05) is 4.90 Å². The Balaban J connectivity index is 1.43. The van der Waals surface area contributed by atoms with Gasteiger partial charge in [0.1, 0.15) is 6.04 Å². The second-order valence-electron chi connectivity index (χ2n) is 7.94. The number of aromatic nitrogens is 2. The highest BCUT2D eigenvalue weighted by Crippen LogP contribution is 2.41. The van der Waals surface area contributed by atoms with E-state index in [1.807, 2.05) is 49.4 Å². The Kier molecular flexibility index (Phi) is 6.04. The van der Waals surface area contributed by atoms with Crippen molar-refractivity contribution in [3.05, 3.63) is 112 Å². The molecular formula is C25H21N5O2S2. The van der Waals surface area contributed by atoms with E-state index in [1.165, 1.54) is 12.1 Å². The van der Waals surface area contributed by atoms with E-state index in [1.54, 1.807) is 30.1 Å². The molecule has 1 aliphatic heterocycles. The molecule has 0 aliphatic carbocycles. The van der Waals surface area contributed by atoms with Crippen LogP contribution >= 0.6 is 24.0 Å². The predicted octanol–water partition coefficient (Wildman–Crippen LogP) is 5.95. The molecular weight excluding hydrogens is 466 g/mol. The third-order valence-corrected chi connectivity index (χ3v) is 7.00. The van der Waals surface area contributed by atoms with Crippen LogP contribution in [0.5, 0.6) is 0 Å². The molecule has 0 radical (unpaired) electrons. The van der Waals surface area contributed by atoms with Gasteiger partial charge in [-0.1, -0.05) is 17.8 Å². The Hall–Kier alpha value is -3.69. The van der Waals surface area contributed by atoms with Crippen LogP contribution in [0.4, 0.5) is 11.4 Å². The van der Waals surface area contributed by atoms with Crippen LogP contribution in [0.25, 0.3) is 0 Å². The van der Waals surface area contributed by atoms with Crippen molar-refractivity contribution < 1.29 is 4.92 Å². The zero-order chi connectivity index (χ0) is 23.7. The zero-order valence-corrected chi connectivity index (χ0v) is 19.8. The first-order chi connectivity index (χ1) is 16.5. The third-order valence-electron chi connectivity index (χ3n) is 5.67. The number of non-ortho nitro benzene ring substituents is 1. The molecule has 2 N–H and O–H groups in total. The van der Waals surface area contributed by atoms with Crippen molar-refractivity contribution in [3.8, 4) is 0 Å². The predicted molar refractivity (Wildman–Crippen MR) is 137 cm³/mol. The first-order valence-electron chi connectivity index (χ1n) is 10.7. The van der Waals surface area contributed by atoms with Crippen molar-refractivity contribution in [2.24, 2.45) is 0 Å². The van der Waals surface area contributed by atoms with Gasteiger partial charge >= 0.3 is 0 Å². The lowest BCUT2D eigenvalue weighted by atomic mass is 10.0. The maximum Gasteiger partial charge on any atom is 0.269 e. The minimum absolute atomic E-state index is 0.0794. The van der Waals surface area contributed by atoms with E-state index < -0.39 is 4.92 Å². The average Bonchev–Trinajstić information content (AvgIpc) is 3.43. The number of nitro benzene ring substituents is 1. The van der Waals surface area contributed by atoms with E-state index in [9.17, 15) is 10.1 Å². The highest BCUT2D eigenvalue weighted by Gasteiger charge is 2.41. The SMILES string of the molecule is Cc1ccc([C@H]2[C@@H](c3ccccn3)NC(=S)N2c2ccc(Sc3ccc([N+](=O)[O-])cc3)cc2)[nH]1. The zero-order valence-electron chi connectivity index (χ0n) is 18.2. The number of thiocarbonyl (C=S) groups is 1. The van der Waals surface area contributed by atoms with Crippen molar-refractivity contribution in [1.29, 1.82) is 0 Å². The van der Waals surface area contributed by atoms with Gasteiger partial charge in [0, 0.05) is 45.2 Å². The van der Waals surface area contributed by atoms with E-state index in [-0.39, 0.29) is 17.8 Å². The molecule has 9 heteroatoms.